The molecule has 0 aliphatic heterocycles. The number of carboxylic acids is 1. The largest absolute Gasteiger partial charge is 0.477 e. The summed E-state index contributed by atoms with van der Waals surface area (Å²) in [5.74, 6) is -0.403. The summed E-state index contributed by atoms with van der Waals surface area (Å²) in [5, 5.41) is 8.75. The minimum Gasteiger partial charge on any atom is -0.477 e. The molecule has 0 aliphatic rings. The van der Waals surface area contributed by atoms with Gasteiger partial charge >= 0.3 is 5.97 Å². The summed E-state index contributed by atoms with van der Waals surface area (Å²) in [7, 11) is 0. The third-order valence-corrected chi connectivity index (χ3v) is 2.02. The normalized spacial score (nSPS) is 11.4. The molecular weight excluding hydrogens is 192 g/mol. The Bertz CT molecular complexity index is 356. The van der Waals surface area contributed by atoms with Gasteiger partial charge in [-0.25, -0.2) is 14.8 Å². The Morgan fingerprint density at radius 3 is 2.67 bits per heavy atom. The van der Waals surface area contributed by atoms with E-state index >= 15 is 0 Å². The van der Waals surface area contributed by atoms with Crippen LogP contribution in [0, 0.1) is 5.41 Å². The van der Waals surface area contributed by atoms with E-state index in [0.29, 0.717) is 12.2 Å². The predicted octanol–water partition coefficient (Wildman–Crippen LogP) is 2.15. The molecule has 1 rings (SSSR count). The van der Waals surface area contributed by atoms with Crippen LogP contribution in [0.2, 0.25) is 0 Å². The maximum atomic E-state index is 10.7. The molecule has 0 saturated heterocycles. The third kappa shape index (κ3) is 4.06. The third-order valence-electron chi connectivity index (χ3n) is 2.02. The van der Waals surface area contributed by atoms with Crippen LogP contribution in [0.3, 0.4) is 0 Å². The Kier molecular flexibility index (Phi) is 3.39. The van der Waals surface area contributed by atoms with Gasteiger partial charge in [-0.1, -0.05) is 20.8 Å². The van der Waals surface area contributed by atoms with Gasteiger partial charge in [0.1, 0.15) is 5.82 Å². The Balaban J connectivity index is 2.70. The number of aryl methyl sites for hydroxylation is 1. The van der Waals surface area contributed by atoms with E-state index in [2.05, 4.69) is 30.7 Å². The van der Waals surface area contributed by atoms with Crippen LogP contribution in [0.25, 0.3) is 0 Å². The van der Waals surface area contributed by atoms with Gasteiger partial charge in [0.25, 0.3) is 0 Å². The van der Waals surface area contributed by atoms with Gasteiger partial charge in [-0.3, -0.25) is 0 Å². The first-order valence-corrected chi connectivity index (χ1v) is 4.94. The lowest BCUT2D eigenvalue weighted by atomic mass is 9.90. The van der Waals surface area contributed by atoms with E-state index in [9.17, 15) is 4.79 Å². The molecule has 1 aromatic heterocycles. The highest BCUT2D eigenvalue weighted by Crippen LogP contribution is 2.20. The van der Waals surface area contributed by atoms with Crippen molar-refractivity contribution in [2.24, 2.45) is 5.41 Å². The zero-order valence-corrected chi connectivity index (χ0v) is 9.32. The monoisotopic (exact) mass is 208 g/mol. The molecule has 0 spiro atoms. The molecule has 0 bridgehead atoms. The molecule has 0 aromatic carbocycles. The van der Waals surface area contributed by atoms with Crippen LogP contribution in [0.15, 0.2) is 12.3 Å². The summed E-state index contributed by atoms with van der Waals surface area (Å²) >= 11 is 0. The van der Waals surface area contributed by atoms with Gasteiger partial charge in [0.2, 0.25) is 0 Å². The van der Waals surface area contributed by atoms with Crippen LogP contribution in [0.1, 0.15) is 43.5 Å². The molecule has 0 fully saturated rings. The summed E-state index contributed by atoms with van der Waals surface area (Å²) in [6.07, 6.45) is 3.15. The standard InChI is InChI=1S/C11H16N2O2/c1-11(2,3)6-4-9-12-7-5-8(13-9)10(14)15/h5,7H,4,6H2,1-3H3,(H,14,15). The summed E-state index contributed by atoms with van der Waals surface area (Å²) in [4.78, 5) is 18.7. The van der Waals surface area contributed by atoms with Crippen molar-refractivity contribution in [1.82, 2.24) is 9.97 Å². The van der Waals surface area contributed by atoms with Crippen molar-refractivity contribution >= 4 is 5.97 Å². The fraction of sp³-hybridized carbons (Fsp3) is 0.545. The molecule has 82 valence electrons. The lowest BCUT2D eigenvalue weighted by molar-refractivity contribution is 0.0690. The maximum Gasteiger partial charge on any atom is 0.354 e. The summed E-state index contributed by atoms with van der Waals surface area (Å²) in [5.41, 5.74) is 0.275. The zero-order chi connectivity index (χ0) is 11.5. The van der Waals surface area contributed by atoms with Crippen LogP contribution >= 0.6 is 0 Å². The van der Waals surface area contributed by atoms with Crippen LogP contribution in [0.5, 0.6) is 0 Å². The number of aromatic carboxylic acids is 1. The number of rotatable bonds is 3. The highest BCUT2D eigenvalue weighted by Gasteiger charge is 2.12. The second-order valence-electron chi connectivity index (χ2n) is 4.72. The Hall–Kier alpha value is -1.45. The van der Waals surface area contributed by atoms with Crippen molar-refractivity contribution in [2.45, 2.75) is 33.6 Å². The maximum absolute atomic E-state index is 10.7. The van der Waals surface area contributed by atoms with Crippen molar-refractivity contribution in [1.29, 1.82) is 0 Å². The van der Waals surface area contributed by atoms with Crippen molar-refractivity contribution < 1.29 is 9.90 Å². The molecule has 0 amide bonds. The average molecular weight is 208 g/mol. The fourth-order valence-electron chi connectivity index (χ4n) is 1.13. The first-order chi connectivity index (χ1) is 6.88. The van der Waals surface area contributed by atoms with Crippen molar-refractivity contribution in [3.8, 4) is 0 Å². The first-order valence-electron chi connectivity index (χ1n) is 4.94. The van der Waals surface area contributed by atoms with E-state index in [4.69, 9.17) is 5.11 Å². The van der Waals surface area contributed by atoms with Gasteiger partial charge < -0.3 is 5.11 Å². The van der Waals surface area contributed by atoms with Crippen molar-refractivity contribution in [2.75, 3.05) is 0 Å². The van der Waals surface area contributed by atoms with Crippen molar-refractivity contribution in [3.63, 3.8) is 0 Å². The smallest absolute Gasteiger partial charge is 0.354 e. The summed E-state index contributed by atoms with van der Waals surface area (Å²) in [6.45, 7) is 6.40. The average Bonchev–Trinajstić information content (AvgIpc) is 2.14. The zero-order valence-electron chi connectivity index (χ0n) is 9.32. The number of carbonyl (C=O) groups is 1. The SMILES string of the molecule is CC(C)(C)CCc1nccc(C(=O)O)n1. The van der Waals surface area contributed by atoms with E-state index < -0.39 is 5.97 Å². The van der Waals surface area contributed by atoms with Gasteiger partial charge in [0.05, 0.1) is 0 Å². The quantitative estimate of drug-likeness (QED) is 0.826. The minimum absolute atomic E-state index is 0.0638. The van der Waals surface area contributed by atoms with Gasteiger partial charge in [-0.05, 0) is 17.9 Å². The van der Waals surface area contributed by atoms with Crippen LogP contribution in [0.4, 0.5) is 0 Å². The van der Waals surface area contributed by atoms with E-state index in [1.165, 1.54) is 12.3 Å². The van der Waals surface area contributed by atoms with Crippen LogP contribution in [-0.4, -0.2) is 21.0 Å². The molecule has 0 saturated carbocycles. The van der Waals surface area contributed by atoms with E-state index in [1.54, 1.807) is 0 Å². The number of aromatic nitrogens is 2. The van der Waals surface area contributed by atoms with Crippen LogP contribution in [-0.2, 0) is 6.42 Å². The highest BCUT2D eigenvalue weighted by atomic mass is 16.4. The fourth-order valence-corrected chi connectivity index (χ4v) is 1.13. The van der Waals surface area contributed by atoms with Gasteiger partial charge in [0, 0.05) is 12.6 Å². The molecule has 1 heterocycles. The Labute approximate surface area is 89.4 Å². The van der Waals surface area contributed by atoms with Gasteiger partial charge in [-0.15, -0.1) is 0 Å². The van der Waals surface area contributed by atoms with Crippen LogP contribution < -0.4 is 0 Å². The molecule has 15 heavy (non-hydrogen) atoms. The lowest BCUT2D eigenvalue weighted by Gasteiger charge is -2.16. The predicted molar refractivity (Wildman–Crippen MR) is 56.8 cm³/mol. The van der Waals surface area contributed by atoms with Gasteiger partial charge in [-0.2, -0.15) is 0 Å². The summed E-state index contributed by atoms with van der Waals surface area (Å²) < 4.78 is 0. The second-order valence-corrected chi connectivity index (χ2v) is 4.72. The van der Waals surface area contributed by atoms with E-state index in [1.807, 2.05) is 0 Å². The van der Waals surface area contributed by atoms with Gasteiger partial charge in [0.15, 0.2) is 5.69 Å². The molecule has 0 radical (unpaired) electrons. The number of hydrogen-bond acceptors (Lipinski definition) is 3. The number of carboxylic acid groups (broad SMARTS) is 1. The Morgan fingerprint density at radius 1 is 1.47 bits per heavy atom. The molecule has 0 atom stereocenters. The lowest BCUT2D eigenvalue weighted by Crippen LogP contribution is -2.10. The second kappa shape index (κ2) is 4.38. The first kappa shape index (κ1) is 11.6. The summed E-state index contributed by atoms with van der Waals surface area (Å²) in [6, 6.07) is 1.41. The topological polar surface area (TPSA) is 63.1 Å². The molecular formula is C11H16N2O2. The highest BCUT2D eigenvalue weighted by molar-refractivity contribution is 5.85. The number of nitrogens with zero attached hydrogens (tertiary/aromatic N) is 2. The molecule has 0 unspecified atom stereocenters. The van der Waals surface area contributed by atoms with E-state index in [0.717, 1.165) is 6.42 Å². The van der Waals surface area contributed by atoms with Crippen molar-refractivity contribution in [3.05, 3.63) is 23.8 Å². The molecule has 1 aromatic rings. The minimum atomic E-state index is -1.01. The Morgan fingerprint density at radius 2 is 2.13 bits per heavy atom. The molecule has 1 N–H and O–H groups in total. The molecule has 0 aliphatic carbocycles. The molecule has 4 nitrogen and oxygen atoms in total. The molecule has 4 heteroatoms. The van der Waals surface area contributed by atoms with E-state index in [-0.39, 0.29) is 11.1 Å². The number of hydrogen-bond donors (Lipinski definition) is 1.